The Morgan fingerprint density at radius 2 is 1.67 bits per heavy atom. The second-order valence-corrected chi connectivity index (χ2v) is 6.49. The van der Waals surface area contributed by atoms with Crippen molar-refractivity contribution in [1.82, 2.24) is 0 Å². The van der Waals surface area contributed by atoms with Crippen molar-refractivity contribution in [3.8, 4) is 11.5 Å². The SMILES string of the molecule is COc1cccc(C(=O)Nc2ccc(SNc3ccccc3OC)cc2)c1. The lowest BCUT2D eigenvalue weighted by Crippen LogP contribution is -2.11. The van der Waals surface area contributed by atoms with E-state index in [1.165, 1.54) is 11.9 Å². The molecule has 3 aromatic rings. The molecule has 27 heavy (non-hydrogen) atoms. The van der Waals surface area contributed by atoms with Crippen LogP contribution in [0.3, 0.4) is 0 Å². The molecule has 3 aromatic carbocycles. The molecular weight excluding hydrogens is 360 g/mol. The summed E-state index contributed by atoms with van der Waals surface area (Å²) in [7, 11) is 3.22. The third-order valence-electron chi connectivity index (χ3n) is 3.83. The first-order valence-corrected chi connectivity index (χ1v) is 9.12. The van der Waals surface area contributed by atoms with Crippen LogP contribution in [0.4, 0.5) is 11.4 Å². The summed E-state index contributed by atoms with van der Waals surface area (Å²) < 4.78 is 13.7. The predicted octanol–water partition coefficient (Wildman–Crippen LogP) is 5.08. The minimum Gasteiger partial charge on any atom is -0.497 e. The summed E-state index contributed by atoms with van der Waals surface area (Å²) in [4.78, 5) is 13.4. The van der Waals surface area contributed by atoms with Gasteiger partial charge >= 0.3 is 0 Å². The van der Waals surface area contributed by atoms with Gasteiger partial charge in [0.15, 0.2) is 0 Å². The summed E-state index contributed by atoms with van der Waals surface area (Å²) in [6.07, 6.45) is 0. The molecule has 0 saturated heterocycles. The molecule has 0 spiro atoms. The van der Waals surface area contributed by atoms with E-state index >= 15 is 0 Å². The quantitative estimate of drug-likeness (QED) is 0.560. The van der Waals surface area contributed by atoms with Crippen LogP contribution < -0.4 is 19.5 Å². The van der Waals surface area contributed by atoms with Crippen LogP contribution in [0.5, 0.6) is 11.5 Å². The number of nitrogens with one attached hydrogen (secondary N) is 2. The van der Waals surface area contributed by atoms with E-state index in [2.05, 4.69) is 10.0 Å². The zero-order valence-corrected chi connectivity index (χ0v) is 15.9. The van der Waals surface area contributed by atoms with Crippen molar-refractivity contribution < 1.29 is 14.3 Å². The van der Waals surface area contributed by atoms with Gasteiger partial charge in [-0.1, -0.05) is 18.2 Å². The Balaban J connectivity index is 1.60. The summed E-state index contributed by atoms with van der Waals surface area (Å²) in [5, 5.41) is 2.88. The van der Waals surface area contributed by atoms with Gasteiger partial charge in [-0.2, -0.15) is 0 Å². The van der Waals surface area contributed by atoms with Crippen molar-refractivity contribution >= 4 is 29.2 Å². The molecular formula is C21H20N2O3S. The molecule has 3 rings (SSSR count). The van der Waals surface area contributed by atoms with Gasteiger partial charge in [0, 0.05) is 16.1 Å². The predicted molar refractivity (Wildman–Crippen MR) is 110 cm³/mol. The highest BCUT2D eigenvalue weighted by Crippen LogP contribution is 2.29. The molecule has 2 N–H and O–H groups in total. The van der Waals surface area contributed by atoms with Crippen LogP contribution in [0.15, 0.2) is 77.7 Å². The molecule has 5 nitrogen and oxygen atoms in total. The van der Waals surface area contributed by atoms with Gasteiger partial charge in [0.25, 0.3) is 5.91 Å². The van der Waals surface area contributed by atoms with E-state index in [4.69, 9.17) is 9.47 Å². The van der Waals surface area contributed by atoms with E-state index in [1.807, 2.05) is 48.5 Å². The first-order chi connectivity index (χ1) is 13.2. The molecule has 0 radical (unpaired) electrons. The lowest BCUT2D eigenvalue weighted by atomic mass is 10.2. The lowest BCUT2D eigenvalue weighted by Gasteiger charge is -2.10. The average Bonchev–Trinajstić information content (AvgIpc) is 2.73. The number of hydrogen-bond acceptors (Lipinski definition) is 5. The monoisotopic (exact) mass is 380 g/mol. The number of ether oxygens (including phenoxy) is 2. The van der Waals surface area contributed by atoms with Crippen molar-refractivity contribution in [3.63, 3.8) is 0 Å². The number of carbonyl (C=O) groups is 1. The van der Waals surface area contributed by atoms with Gasteiger partial charge in [-0.3, -0.25) is 4.79 Å². The van der Waals surface area contributed by atoms with E-state index in [9.17, 15) is 4.79 Å². The molecule has 0 saturated carbocycles. The van der Waals surface area contributed by atoms with Crippen molar-refractivity contribution in [2.45, 2.75) is 4.90 Å². The zero-order chi connectivity index (χ0) is 19.1. The molecule has 0 heterocycles. The molecule has 0 aliphatic carbocycles. The van der Waals surface area contributed by atoms with Crippen molar-refractivity contribution in [2.75, 3.05) is 24.3 Å². The number of amides is 1. The first-order valence-electron chi connectivity index (χ1n) is 8.31. The molecule has 138 valence electrons. The number of rotatable bonds is 7. The zero-order valence-electron chi connectivity index (χ0n) is 15.1. The molecule has 0 aromatic heterocycles. The summed E-state index contributed by atoms with van der Waals surface area (Å²) in [6, 6.07) is 22.4. The first kappa shape index (κ1) is 18.7. The Kier molecular flexibility index (Phi) is 6.22. The van der Waals surface area contributed by atoms with Crippen LogP contribution in [0.25, 0.3) is 0 Å². The highest BCUT2D eigenvalue weighted by Gasteiger charge is 2.07. The van der Waals surface area contributed by atoms with Gasteiger partial charge in [-0.05, 0) is 66.5 Å². The molecule has 0 aliphatic rings. The van der Waals surface area contributed by atoms with E-state index in [-0.39, 0.29) is 5.91 Å². The largest absolute Gasteiger partial charge is 0.497 e. The standard InChI is InChI=1S/C21H20N2O3S/c1-25-17-7-5-6-15(14-17)21(24)22-16-10-12-18(13-11-16)27-23-19-8-3-4-9-20(19)26-2/h3-14,23H,1-2H3,(H,22,24). The minimum absolute atomic E-state index is 0.179. The van der Waals surface area contributed by atoms with Gasteiger partial charge in [-0.25, -0.2) is 0 Å². The van der Waals surface area contributed by atoms with Gasteiger partial charge in [0.1, 0.15) is 11.5 Å². The molecule has 1 amide bonds. The maximum absolute atomic E-state index is 12.4. The second kappa shape index (κ2) is 9.00. The van der Waals surface area contributed by atoms with Gasteiger partial charge in [0.05, 0.1) is 19.9 Å². The molecule has 0 unspecified atom stereocenters. The summed E-state index contributed by atoms with van der Waals surface area (Å²) in [6.45, 7) is 0. The van der Waals surface area contributed by atoms with E-state index in [0.29, 0.717) is 11.3 Å². The van der Waals surface area contributed by atoms with Gasteiger partial charge in [-0.15, -0.1) is 0 Å². The van der Waals surface area contributed by atoms with Gasteiger partial charge in [0.2, 0.25) is 0 Å². The van der Waals surface area contributed by atoms with Crippen LogP contribution in [-0.4, -0.2) is 20.1 Å². The normalized spacial score (nSPS) is 10.1. The molecule has 0 fully saturated rings. The maximum Gasteiger partial charge on any atom is 0.255 e. The smallest absolute Gasteiger partial charge is 0.255 e. The molecule has 6 heteroatoms. The van der Waals surface area contributed by atoms with Crippen molar-refractivity contribution in [3.05, 3.63) is 78.4 Å². The van der Waals surface area contributed by atoms with E-state index in [1.54, 1.807) is 38.5 Å². The Hall–Kier alpha value is -3.12. The fourth-order valence-electron chi connectivity index (χ4n) is 2.42. The summed E-state index contributed by atoms with van der Waals surface area (Å²) >= 11 is 1.47. The summed E-state index contributed by atoms with van der Waals surface area (Å²) in [5.41, 5.74) is 2.18. The fraction of sp³-hybridized carbons (Fsp3) is 0.0952. The van der Waals surface area contributed by atoms with Crippen LogP contribution in [0.2, 0.25) is 0 Å². The van der Waals surface area contributed by atoms with Crippen molar-refractivity contribution in [2.24, 2.45) is 0 Å². The Morgan fingerprint density at radius 3 is 2.41 bits per heavy atom. The van der Waals surface area contributed by atoms with Gasteiger partial charge < -0.3 is 19.5 Å². The fourth-order valence-corrected chi connectivity index (χ4v) is 3.09. The highest BCUT2D eigenvalue weighted by molar-refractivity contribution is 8.00. The third-order valence-corrected chi connectivity index (χ3v) is 4.66. The molecule has 0 aliphatic heterocycles. The number of para-hydroxylation sites is 2. The van der Waals surface area contributed by atoms with Crippen LogP contribution in [-0.2, 0) is 0 Å². The summed E-state index contributed by atoms with van der Waals surface area (Å²) in [5.74, 6) is 1.26. The third kappa shape index (κ3) is 4.95. The second-order valence-electron chi connectivity index (χ2n) is 5.61. The molecule has 0 bridgehead atoms. The van der Waals surface area contributed by atoms with E-state index in [0.717, 1.165) is 22.0 Å². The Labute approximate surface area is 162 Å². The van der Waals surface area contributed by atoms with Crippen LogP contribution >= 0.6 is 11.9 Å². The van der Waals surface area contributed by atoms with Crippen LogP contribution in [0, 0.1) is 0 Å². The van der Waals surface area contributed by atoms with Crippen molar-refractivity contribution in [1.29, 1.82) is 0 Å². The number of carbonyl (C=O) groups excluding carboxylic acids is 1. The maximum atomic E-state index is 12.4. The number of methoxy groups -OCH3 is 2. The average molecular weight is 380 g/mol. The Bertz CT molecular complexity index is 913. The molecule has 0 atom stereocenters. The number of anilines is 2. The number of hydrogen-bond donors (Lipinski definition) is 2. The Morgan fingerprint density at radius 1 is 0.889 bits per heavy atom. The minimum atomic E-state index is -0.179. The van der Waals surface area contributed by atoms with Crippen LogP contribution in [0.1, 0.15) is 10.4 Å². The number of benzene rings is 3. The van der Waals surface area contributed by atoms with E-state index < -0.39 is 0 Å². The lowest BCUT2D eigenvalue weighted by molar-refractivity contribution is 0.102. The highest BCUT2D eigenvalue weighted by atomic mass is 32.2. The topological polar surface area (TPSA) is 59.6 Å².